The topological polar surface area (TPSA) is 67.3 Å². The molecule has 2 heterocycles. The van der Waals surface area contributed by atoms with Crippen molar-refractivity contribution in [1.82, 2.24) is 14.9 Å². The molecule has 6 nitrogen and oxygen atoms in total. The number of hydrogen-bond acceptors (Lipinski definition) is 5. The Morgan fingerprint density at radius 2 is 1.86 bits per heavy atom. The summed E-state index contributed by atoms with van der Waals surface area (Å²) in [5.74, 6) is 1.49. The molecule has 5 aliphatic rings. The molecule has 1 N–H and O–H groups in total. The van der Waals surface area contributed by atoms with Gasteiger partial charge in [0.05, 0.1) is 24.6 Å². The molecule has 6 heteroatoms. The molecule has 1 aromatic heterocycles. The summed E-state index contributed by atoms with van der Waals surface area (Å²) in [6.45, 7) is 7.97. The second kappa shape index (κ2) is 6.93. The van der Waals surface area contributed by atoms with Crippen LogP contribution in [0.4, 0.5) is 5.82 Å². The predicted molar refractivity (Wildman–Crippen MR) is 112 cm³/mol. The Kier molecular flexibility index (Phi) is 4.61. The maximum Gasteiger partial charge on any atom is 0.274 e. The van der Waals surface area contributed by atoms with Gasteiger partial charge >= 0.3 is 0 Å². The summed E-state index contributed by atoms with van der Waals surface area (Å²) in [7, 11) is 0. The molecule has 1 aliphatic heterocycles. The number of likely N-dealkylation sites (tertiary alicyclic amines) is 1. The molecule has 158 valence electrons. The molecule has 2 unspecified atom stereocenters. The number of amides is 1. The maximum absolute atomic E-state index is 12.5. The highest BCUT2D eigenvalue weighted by atomic mass is 16.5. The first-order valence-electron chi connectivity index (χ1n) is 11.4. The number of hydrogen-bond donors (Lipinski definition) is 1. The van der Waals surface area contributed by atoms with Crippen molar-refractivity contribution in [2.75, 3.05) is 31.6 Å². The molecule has 2 atom stereocenters. The van der Waals surface area contributed by atoms with Gasteiger partial charge in [0.15, 0.2) is 0 Å². The van der Waals surface area contributed by atoms with Crippen molar-refractivity contribution in [3.8, 4) is 0 Å². The van der Waals surface area contributed by atoms with Crippen LogP contribution in [-0.4, -0.2) is 52.6 Å². The molecule has 1 aromatic rings. The summed E-state index contributed by atoms with van der Waals surface area (Å²) in [4.78, 5) is 23.1. The van der Waals surface area contributed by atoms with Crippen LogP contribution in [0.5, 0.6) is 0 Å². The highest BCUT2D eigenvalue weighted by Crippen LogP contribution is 2.67. The SMILES string of the molecule is CC12CC3CC(C)(C1)CC(OCCNc1cncc(C(=O)N4CCCC4)n1)(C3)C2. The Balaban J connectivity index is 1.16. The molecule has 1 saturated heterocycles. The van der Waals surface area contributed by atoms with E-state index in [-0.39, 0.29) is 11.5 Å². The summed E-state index contributed by atoms with van der Waals surface area (Å²) in [6, 6.07) is 0. The van der Waals surface area contributed by atoms with E-state index in [0.29, 0.717) is 35.5 Å². The first-order chi connectivity index (χ1) is 13.9. The van der Waals surface area contributed by atoms with Crippen LogP contribution in [-0.2, 0) is 4.74 Å². The zero-order valence-corrected chi connectivity index (χ0v) is 17.9. The quantitative estimate of drug-likeness (QED) is 0.737. The van der Waals surface area contributed by atoms with Crippen molar-refractivity contribution in [3.05, 3.63) is 18.1 Å². The summed E-state index contributed by atoms with van der Waals surface area (Å²) >= 11 is 0. The monoisotopic (exact) mass is 398 g/mol. The summed E-state index contributed by atoms with van der Waals surface area (Å²) in [5, 5.41) is 3.31. The van der Waals surface area contributed by atoms with Crippen LogP contribution >= 0.6 is 0 Å². The Bertz CT molecular complexity index is 773. The minimum atomic E-state index is -0.00930. The van der Waals surface area contributed by atoms with Gasteiger partial charge in [-0.05, 0) is 68.1 Å². The second-order valence-electron chi connectivity index (χ2n) is 10.9. The Hall–Kier alpha value is -1.69. The summed E-state index contributed by atoms with van der Waals surface area (Å²) in [6.07, 6.45) is 13.2. The van der Waals surface area contributed by atoms with Gasteiger partial charge < -0.3 is 15.0 Å². The smallest absolute Gasteiger partial charge is 0.274 e. The van der Waals surface area contributed by atoms with E-state index in [0.717, 1.165) is 31.8 Å². The van der Waals surface area contributed by atoms with E-state index in [9.17, 15) is 4.79 Å². The second-order valence-corrected chi connectivity index (χ2v) is 10.9. The van der Waals surface area contributed by atoms with Crippen LogP contribution in [0.15, 0.2) is 12.4 Å². The van der Waals surface area contributed by atoms with E-state index >= 15 is 0 Å². The number of ether oxygens (including phenoxy) is 1. The molecule has 4 aliphatic carbocycles. The van der Waals surface area contributed by atoms with Crippen molar-refractivity contribution in [3.63, 3.8) is 0 Å². The van der Waals surface area contributed by atoms with Crippen molar-refractivity contribution < 1.29 is 9.53 Å². The molecule has 5 fully saturated rings. The van der Waals surface area contributed by atoms with Gasteiger partial charge in [-0.25, -0.2) is 4.98 Å². The van der Waals surface area contributed by atoms with Crippen molar-refractivity contribution in [2.24, 2.45) is 16.7 Å². The summed E-state index contributed by atoms with van der Waals surface area (Å²) < 4.78 is 6.57. The lowest BCUT2D eigenvalue weighted by molar-refractivity contribution is -0.212. The lowest BCUT2D eigenvalue weighted by Crippen LogP contribution is -2.59. The van der Waals surface area contributed by atoms with E-state index < -0.39 is 0 Å². The highest BCUT2D eigenvalue weighted by molar-refractivity contribution is 5.92. The third-order valence-electron chi connectivity index (χ3n) is 7.64. The third-order valence-corrected chi connectivity index (χ3v) is 7.64. The van der Waals surface area contributed by atoms with Crippen LogP contribution in [0.2, 0.25) is 0 Å². The molecule has 0 aromatic carbocycles. The third kappa shape index (κ3) is 3.76. The molecular weight excluding hydrogens is 364 g/mol. The molecule has 4 bridgehead atoms. The fourth-order valence-electron chi connectivity index (χ4n) is 7.59. The lowest BCUT2D eigenvalue weighted by Gasteiger charge is -2.65. The average molecular weight is 399 g/mol. The van der Waals surface area contributed by atoms with Crippen LogP contribution in [0.25, 0.3) is 0 Å². The van der Waals surface area contributed by atoms with Gasteiger partial charge in [0, 0.05) is 19.6 Å². The van der Waals surface area contributed by atoms with Crippen molar-refractivity contribution in [1.29, 1.82) is 0 Å². The minimum absolute atomic E-state index is 0.00930. The zero-order valence-electron chi connectivity index (χ0n) is 17.9. The largest absolute Gasteiger partial charge is 0.373 e. The Morgan fingerprint density at radius 3 is 2.55 bits per heavy atom. The summed E-state index contributed by atoms with van der Waals surface area (Å²) in [5.41, 5.74) is 1.44. The number of aromatic nitrogens is 2. The van der Waals surface area contributed by atoms with Gasteiger partial charge in [0.25, 0.3) is 5.91 Å². The standard InChI is InChI=1S/C23H34N4O2/c1-21-9-17-10-22(2,14-21)16-23(11-17,15-21)29-8-5-25-19-13-24-12-18(26-19)20(28)27-6-3-4-7-27/h12-13,17H,3-11,14-16H2,1-2H3,(H,25,26). The predicted octanol–water partition coefficient (Wildman–Crippen LogP) is 3.89. The molecular formula is C23H34N4O2. The first kappa shape index (κ1) is 19.3. The van der Waals surface area contributed by atoms with E-state index in [4.69, 9.17) is 4.74 Å². The van der Waals surface area contributed by atoms with Crippen LogP contribution < -0.4 is 5.32 Å². The number of carbonyl (C=O) groups is 1. The van der Waals surface area contributed by atoms with Crippen molar-refractivity contribution in [2.45, 2.75) is 70.8 Å². The number of anilines is 1. The molecule has 1 amide bonds. The van der Waals surface area contributed by atoms with E-state index in [1.807, 2.05) is 4.90 Å². The molecule has 29 heavy (non-hydrogen) atoms. The van der Waals surface area contributed by atoms with E-state index in [2.05, 4.69) is 29.1 Å². The Labute approximate surface area is 173 Å². The fraction of sp³-hybridized carbons (Fsp3) is 0.783. The van der Waals surface area contributed by atoms with Gasteiger partial charge in [-0.2, -0.15) is 0 Å². The number of carbonyl (C=O) groups excluding carboxylic acids is 1. The van der Waals surface area contributed by atoms with Gasteiger partial charge in [-0.1, -0.05) is 13.8 Å². The molecule has 4 saturated carbocycles. The van der Waals surface area contributed by atoms with Crippen LogP contribution in [0.1, 0.15) is 75.7 Å². The van der Waals surface area contributed by atoms with Crippen LogP contribution in [0, 0.1) is 16.7 Å². The zero-order chi connectivity index (χ0) is 20.1. The van der Waals surface area contributed by atoms with Gasteiger partial charge in [0.1, 0.15) is 11.5 Å². The number of nitrogens with one attached hydrogen (secondary N) is 1. The minimum Gasteiger partial charge on any atom is -0.373 e. The fourth-order valence-corrected chi connectivity index (χ4v) is 7.59. The van der Waals surface area contributed by atoms with Crippen molar-refractivity contribution >= 4 is 11.7 Å². The molecule has 0 spiro atoms. The van der Waals surface area contributed by atoms with E-state index in [1.165, 1.54) is 38.5 Å². The first-order valence-corrected chi connectivity index (χ1v) is 11.4. The lowest BCUT2D eigenvalue weighted by atomic mass is 9.43. The van der Waals surface area contributed by atoms with E-state index in [1.54, 1.807) is 12.4 Å². The Morgan fingerprint density at radius 1 is 1.14 bits per heavy atom. The highest BCUT2D eigenvalue weighted by Gasteiger charge is 2.60. The normalized spacial score (nSPS) is 37.9. The average Bonchev–Trinajstić information content (AvgIpc) is 3.17. The number of nitrogens with zero attached hydrogens (tertiary/aromatic N) is 3. The van der Waals surface area contributed by atoms with Gasteiger partial charge in [0.2, 0.25) is 0 Å². The molecule has 6 rings (SSSR count). The van der Waals surface area contributed by atoms with Gasteiger partial charge in [-0.3, -0.25) is 9.78 Å². The number of rotatable bonds is 6. The maximum atomic E-state index is 12.5. The van der Waals surface area contributed by atoms with Crippen LogP contribution in [0.3, 0.4) is 0 Å². The van der Waals surface area contributed by atoms with Gasteiger partial charge in [-0.15, -0.1) is 0 Å². The molecule has 0 radical (unpaired) electrons.